The van der Waals surface area contributed by atoms with Crippen molar-refractivity contribution in [2.75, 3.05) is 0 Å². The van der Waals surface area contributed by atoms with Crippen LogP contribution in [0.1, 0.15) is 26.3 Å². The van der Waals surface area contributed by atoms with E-state index < -0.39 is 0 Å². The molecule has 0 amide bonds. The molecule has 7 heteroatoms. The number of pyridine rings is 1. The van der Waals surface area contributed by atoms with Crippen molar-refractivity contribution >= 4 is 87.2 Å². The van der Waals surface area contributed by atoms with E-state index in [-0.39, 0.29) is 26.5 Å². The van der Waals surface area contributed by atoms with E-state index in [1.54, 1.807) is 0 Å². The number of rotatable bonds is 4. The van der Waals surface area contributed by atoms with Crippen molar-refractivity contribution in [1.29, 1.82) is 0 Å². The van der Waals surface area contributed by atoms with E-state index in [0.29, 0.717) is 11.5 Å². The van der Waals surface area contributed by atoms with Gasteiger partial charge in [-0.15, -0.1) is 35.7 Å². The van der Waals surface area contributed by atoms with E-state index in [2.05, 4.69) is 215 Å². The molecule has 0 fully saturated rings. The fraction of sp³-hybridized carbons (Fsp3) is 0.0690. The summed E-state index contributed by atoms with van der Waals surface area (Å²) in [5.41, 5.74) is 10.2. The summed E-state index contributed by atoms with van der Waals surface area (Å²) >= 11 is 0. The predicted octanol–water partition coefficient (Wildman–Crippen LogP) is 13.8. The summed E-state index contributed by atoms with van der Waals surface area (Å²) in [4.78, 5) is 4.90. The third-order valence-electron chi connectivity index (χ3n) is 12.9. The first-order valence-electron chi connectivity index (χ1n) is 21.7. The standard InChI is InChI=1S/C58H39N5O.Pt/c1-58(2,3)37-31-32-59-55(33-37)62-49-24-11-9-19-43(49)45-29-27-39(34-53(45)62)64-40-28-30-51-54(35-40)61-36-60(38-15-5-4-6-16-38)52-26-14-23-47(57(52)61)42-18-8-7-17-41(42)46-21-13-22-48-44-20-10-12-25-50(44)63(51)56(46)48;/h4-33H,1-3H3;/q-2;. The second-order valence-corrected chi connectivity index (χ2v) is 17.6. The van der Waals surface area contributed by atoms with Crippen molar-refractivity contribution < 1.29 is 30.4 Å². The molecule has 0 unspecified atom stereocenters. The maximum atomic E-state index is 6.90. The molecule has 13 rings (SSSR count). The summed E-state index contributed by atoms with van der Waals surface area (Å²) in [5.74, 6) is 1.98. The fourth-order valence-corrected chi connectivity index (χ4v) is 9.91. The van der Waals surface area contributed by atoms with E-state index in [9.17, 15) is 0 Å². The first-order valence-corrected chi connectivity index (χ1v) is 21.7. The van der Waals surface area contributed by atoms with Gasteiger partial charge in [-0.1, -0.05) is 147 Å². The van der Waals surface area contributed by atoms with E-state index in [1.807, 2.05) is 24.4 Å². The molecule has 6 nitrogen and oxygen atoms in total. The van der Waals surface area contributed by atoms with Gasteiger partial charge in [-0.05, 0) is 74.4 Å². The molecule has 0 N–H and O–H groups in total. The van der Waals surface area contributed by atoms with Crippen molar-refractivity contribution in [3.8, 4) is 23.0 Å². The topological polar surface area (TPSA) is 39.8 Å². The summed E-state index contributed by atoms with van der Waals surface area (Å²) in [7, 11) is 0. The van der Waals surface area contributed by atoms with Gasteiger partial charge in [0.05, 0.1) is 22.2 Å². The summed E-state index contributed by atoms with van der Waals surface area (Å²) in [6.45, 7) is 6.69. The number of hydrogen-bond donors (Lipinski definition) is 0. The maximum absolute atomic E-state index is 6.90. The van der Waals surface area contributed by atoms with E-state index in [1.165, 1.54) is 21.7 Å². The van der Waals surface area contributed by atoms with Crippen LogP contribution in [0.4, 0.5) is 0 Å². The minimum absolute atomic E-state index is 0. The third kappa shape index (κ3) is 5.97. The molecule has 8 aromatic carbocycles. The Morgan fingerprint density at radius 2 is 1.09 bits per heavy atom. The molecule has 314 valence electrons. The van der Waals surface area contributed by atoms with Gasteiger partial charge in [0.1, 0.15) is 5.82 Å². The van der Waals surface area contributed by atoms with Crippen LogP contribution in [0.2, 0.25) is 0 Å². The molecule has 0 bridgehead atoms. The molecule has 13 aromatic rings. The van der Waals surface area contributed by atoms with Crippen LogP contribution in [-0.4, -0.2) is 18.4 Å². The molecule has 0 atom stereocenters. The Labute approximate surface area is 389 Å². The zero-order valence-electron chi connectivity index (χ0n) is 35.8. The van der Waals surface area contributed by atoms with E-state index in [0.717, 1.165) is 82.6 Å². The molecule has 0 aliphatic carbocycles. The van der Waals surface area contributed by atoms with Gasteiger partial charge >= 0.3 is 0 Å². The number of fused-ring (bicyclic) bond motifs is 12. The molecule has 0 saturated heterocycles. The summed E-state index contributed by atoms with van der Waals surface area (Å²) in [5, 5.41) is 9.14. The zero-order chi connectivity index (χ0) is 42.7. The average molecular weight is 1020 g/mol. The van der Waals surface area contributed by atoms with Crippen molar-refractivity contribution in [2.24, 2.45) is 0 Å². The molecule has 5 aromatic heterocycles. The maximum Gasteiger partial charge on any atom is 0.268 e. The Kier molecular flexibility index (Phi) is 8.88. The predicted molar refractivity (Wildman–Crippen MR) is 260 cm³/mol. The molecule has 0 aliphatic rings. The third-order valence-corrected chi connectivity index (χ3v) is 12.9. The Morgan fingerprint density at radius 1 is 0.508 bits per heavy atom. The van der Waals surface area contributed by atoms with Crippen LogP contribution in [0.5, 0.6) is 11.5 Å². The van der Waals surface area contributed by atoms with Gasteiger partial charge in [0.25, 0.3) is 6.33 Å². The van der Waals surface area contributed by atoms with Gasteiger partial charge in [-0.3, -0.25) is 4.57 Å². The minimum Gasteiger partial charge on any atom is -0.510 e. The Morgan fingerprint density at radius 3 is 1.83 bits per heavy atom. The van der Waals surface area contributed by atoms with Gasteiger partial charge in [0.2, 0.25) is 0 Å². The molecular weight excluding hydrogens is 978 g/mol. The van der Waals surface area contributed by atoms with Gasteiger partial charge in [0.15, 0.2) is 0 Å². The normalized spacial score (nSPS) is 12.1. The van der Waals surface area contributed by atoms with Crippen LogP contribution in [-0.2, 0) is 26.5 Å². The quantitative estimate of drug-likeness (QED) is 0.130. The second kappa shape index (κ2) is 14.8. The minimum atomic E-state index is -0.0411. The van der Waals surface area contributed by atoms with Crippen molar-refractivity contribution in [1.82, 2.24) is 18.4 Å². The number of para-hydroxylation sites is 5. The molecule has 0 aliphatic heterocycles. The summed E-state index contributed by atoms with van der Waals surface area (Å²) in [6, 6.07) is 69.8. The van der Waals surface area contributed by atoms with Gasteiger partial charge in [-0.25, -0.2) is 4.98 Å². The van der Waals surface area contributed by atoms with Crippen LogP contribution >= 0.6 is 0 Å². The van der Waals surface area contributed by atoms with Gasteiger partial charge in [0, 0.05) is 66.0 Å². The monoisotopic (exact) mass is 1020 g/mol. The Hall–Kier alpha value is -7.53. The number of hydrogen-bond acceptors (Lipinski definition) is 2. The second-order valence-electron chi connectivity index (χ2n) is 17.6. The van der Waals surface area contributed by atoms with Crippen LogP contribution in [0, 0.1) is 18.5 Å². The number of imidazole rings is 1. The van der Waals surface area contributed by atoms with Crippen molar-refractivity contribution in [3.05, 3.63) is 206 Å². The van der Waals surface area contributed by atoms with Crippen molar-refractivity contribution in [3.63, 3.8) is 0 Å². The SMILES string of the molecule is CC(C)(C)c1ccnc(-n2c3[c-]c(Oc4[c-]c5c(cc4)n4c6ccccc6c6cccc(c7ccccc7c7cccc8c7n5[c-][n+]8-c5ccccc5)c64)ccc3c3ccccc32)c1.[Pt]. The Bertz CT molecular complexity index is 4100. The Balaban J connectivity index is 0.00000444. The van der Waals surface area contributed by atoms with Crippen LogP contribution in [0.3, 0.4) is 0 Å². The molecule has 0 radical (unpaired) electrons. The summed E-state index contributed by atoms with van der Waals surface area (Å²) in [6.07, 6.45) is 5.74. The van der Waals surface area contributed by atoms with Gasteiger partial charge in [-0.2, -0.15) is 6.07 Å². The van der Waals surface area contributed by atoms with Crippen molar-refractivity contribution in [2.45, 2.75) is 26.2 Å². The number of ether oxygens (including phenoxy) is 1. The molecule has 0 spiro atoms. The zero-order valence-corrected chi connectivity index (χ0v) is 38.1. The fourth-order valence-electron chi connectivity index (χ4n) is 9.91. The first-order chi connectivity index (χ1) is 31.4. The molecule has 65 heavy (non-hydrogen) atoms. The number of aromatic nitrogens is 5. The molecular formula is C58H39N5OPt-2. The smallest absolute Gasteiger partial charge is 0.268 e. The van der Waals surface area contributed by atoms with E-state index >= 15 is 0 Å². The summed E-state index contributed by atoms with van der Waals surface area (Å²) < 4.78 is 15.8. The number of nitrogens with zero attached hydrogens (tertiary/aromatic N) is 5. The largest absolute Gasteiger partial charge is 0.510 e. The van der Waals surface area contributed by atoms with Crippen LogP contribution in [0.25, 0.3) is 98.7 Å². The van der Waals surface area contributed by atoms with Gasteiger partial charge < -0.3 is 18.1 Å². The number of benzene rings is 8. The van der Waals surface area contributed by atoms with Crippen LogP contribution < -0.4 is 9.30 Å². The first kappa shape index (κ1) is 39.1. The molecule has 0 saturated carbocycles. The van der Waals surface area contributed by atoms with E-state index in [4.69, 9.17) is 9.72 Å². The average Bonchev–Trinajstić information content (AvgIpc) is 4.00. The van der Waals surface area contributed by atoms with Crippen LogP contribution in [0.15, 0.2) is 182 Å². The molecule has 5 heterocycles.